The number of rotatable bonds is 6. The van der Waals surface area contributed by atoms with E-state index in [0.717, 1.165) is 5.56 Å². The quantitative estimate of drug-likeness (QED) is 0.732. The predicted molar refractivity (Wildman–Crippen MR) is 80.9 cm³/mol. The minimum Gasteiger partial charge on any atom is -0.441 e. The number of aromatic nitrogens is 5. The van der Waals surface area contributed by atoms with E-state index in [1.54, 1.807) is 13.2 Å². The molecule has 8 heteroatoms. The van der Waals surface area contributed by atoms with Crippen LogP contribution in [-0.2, 0) is 24.8 Å². The molecule has 3 rings (SSSR count). The molecule has 2 aromatic heterocycles. The molecule has 0 bridgehead atoms. The number of benzene rings is 1. The second-order valence-electron chi connectivity index (χ2n) is 4.96. The molecule has 0 aliphatic heterocycles. The number of hydrogen-bond donors (Lipinski definition) is 1. The van der Waals surface area contributed by atoms with Crippen LogP contribution in [0.4, 0.5) is 0 Å². The van der Waals surface area contributed by atoms with Crippen molar-refractivity contribution in [3.63, 3.8) is 0 Å². The minimum atomic E-state index is -0.114. The number of oxazole rings is 1. The first-order valence-corrected chi connectivity index (χ1v) is 7.20. The first kappa shape index (κ1) is 14.9. The molecule has 0 aliphatic rings. The number of nitrogens with one attached hydrogen (secondary N) is 1. The van der Waals surface area contributed by atoms with Crippen molar-refractivity contribution in [3.05, 3.63) is 48.2 Å². The van der Waals surface area contributed by atoms with Gasteiger partial charge in [-0.1, -0.05) is 30.3 Å². The molecule has 8 nitrogen and oxygen atoms in total. The van der Waals surface area contributed by atoms with Crippen LogP contribution in [0.5, 0.6) is 0 Å². The maximum atomic E-state index is 11.8. The number of carbonyl (C=O) groups is 1. The van der Waals surface area contributed by atoms with Crippen LogP contribution in [0.15, 0.2) is 40.9 Å². The van der Waals surface area contributed by atoms with Gasteiger partial charge in [-0.25, -0.2) is 4.98 Å². The average molecular weight is 312 g/mol. The van der Waals surface area contributed by atoms with Gasteiger partial charge in [-0.2, -0.15) is 4.80 Å². The minimum absolute atomic E-state index is 0.114. The summed E-state index contributed by atoms with van der Waals surface area (Å²) in [5.74, 6) is 1.60. The van der Waals surface area contributed by atoms with Crippen LogP contribution in [0.25, 0.3) is 11.3 Å². The van der Waals surface area contributed by atoms with Crippen molar-refractivity contribution in [2.75, 3.05) is 0 Å². The normalized spacial score (nSPS) is 10.7. The van der Waals surface area contributed by atoms with Gasteiger partial charge in [0.2, 0.25) is 5.91 Å². The lowest BCUT2D eigenvalue weighted by atomic mass is 10.2. The predicted octanol–water partition coefficient (Wildman–Crippen LogP) is 1.11. The summed E-state index contributed by atoms with van der Waals surface area (Å²) >= 11 is 0. The zero-order valence-electron chi connectivity index (χ0n) is 12.6. The van der Waals surface area contributed by atoms with E-state index in [1.165, 1.54) is 4.80 Å². The molecule has 0 aliphatic carbocycles. The molecule has 0 fully saturated rings. The van der Waals surface area contributed by atoms with Crippen LogP contribution >= 0.6 is 0 Å². The van der Waals surface area contributed by atoms with Gasteiger partial charge in [-0.3, -0.25) is 4.79 Å². The topological polar surface area (TPSA) is 98.7 Å². The number of hydrogen-bond acceptors (Lipinski definition) is 6. The van der Waals surface area contributed by atoms with Crippen molar-refractivity contribution in [2.45, 2.75) is 19.4 Å². The highest BCUT2D eigenvalue weighted by Gasteiger charge is 2.09. The Labute approximate surface area is 132 Å². The average Bonchev–Trinajstić information content (AvgIpc) is 3.21. The van der Waals surface area contributed by atoms with Crippen LogP contribution < -0.4 is 5.32 Å². The number of carbonyl (C=O) groups excluding carboxylic acids is 1. The molecule has 0 saturated carbocycles. The molecule has 0 saturated heterocycles. The Kier molecular flexibility index (Phi) is 4.41. The molecule has 0 spiro atoms. The summed E-state index contributed by atoms with van der Waals surface area (Å²) in [5.41, 5.74) is 0.962. The molecule has 23 heavy (non-hydrogen) atoms. The van der Waals surface area contributed by atoms with E-state index in [2.05, 4.69) is 25.7 Å². The van der Waals surface area contributed by atoms with E-state index in [4.69, 9.17) is 4.42 Å². The summed E-state index contributed by atoms with van der Waals surface area (Å²) in [7, 11) is 1.67. The Hall–Kier alpha value is -3.03. The van der Waals surface area contributed by atoms with E-state index in [9.17, 15) is 4.79 Å². The molecule has 2 heterocycles. The van der Waals surface area contributed by atoms with Crippen LogP contribution in [0.2, 0.25) is 0 Å². The van der Waals surface area contributed by atoms with Crippen molar-refractivity contribution in [2.24, 2.45) is 7.05 Å². The summed E-state index contributed by atoms with van der Waals surface area (Å²) < 4.78 is 5.66. The van der Waals surface area contributed by atoms with Crippen LogP contribution in [0.1, 0.15) is 18.1 Å². The zero-order valence-corrected chi connectivity index (χ0v) is 12.6. The van der Waals surface area contributed by atoms with Crippen molar-refractivity contribution in [1.29, 1.82) is 0 Å². The van der Waals surface area contributed by atoms with Crippen LogP contribution in [0.3, 0.4) is 0 Å². The Morgan fingerprint density at radius 3 is 2.87 bits per heavy atom. The Balaban J connectivity index is 1.48. The van der Waals surface area contributed by atoms with Gasteiger partial charge in [0.1, 0.15) is 0 Å². The van der Waals surface area contributed by atoms with E-state index in [-0.39, 0.29) is 18.9 Å². The largest absolute Gasteiger partial charge is 0.441 e. The molecule has 118 valence electrons. The van der Waals surface area contributed by atoms with Gasteiger partial charge in [0.05, 0.1) is 19.8 Å². The number of tetrazole rings is 1. The maximum absolute atomic E-state index is 11.8. The number of nitrogens with zero attached hydrogens (tertiary/aromatic N) is 5. The fourth-order valence-corrected chi connectivity index (χ4v) is 2.04. The summed E-state index contributed by atoms with van der Waals surface area (Å²) in [6.45, 7) is 0.257. The lowest BCUT2D eigenvalue weighted by molar-refractivity contribution is -0.121. The third kappa shape index (κ3) is 4.00. The van der Waals surface area contributed by atoms with Crippen molar-refractivity contribution in [3.8, 4) is 11.3 Å². The Bertz CT molecular complexity index is 780. The smallest absolute Gasteiger partial charge is 0.220 e. The van der Waals surface area contributed by atoms with Gasteiger partial charge in [0.15, 0.2) is 17.5 Å². The van der Waals surface area contributed by atoms with Crippen molar-refractivity contribution in [1.82, 2.24) is 30.5 Å². The van der Waals surface area contributed by atoms with E-state index < -0.39 is 0 Å². The van der Waals surface area contributed by atoms with Gasteiger partial charge >= 0.3 is 0 Å². The summed E-state index contributed by atoms with van der Waals surface area (Å²) in [6.07, 6.45) is 2.40. The standard InChI is InChI=1S/C15H16N6O2/c1-21-19-13(18-20-21)10-16-14(22)7-8-15-17-9-12(23-15)11-5-3-2-4-6-11/h2-6,9H,7-8,10H2,1H3,(H,16,22). The second-order valence-corrected chi connectivity index (χ2v) is 4.96. The molecule has 0 radical (unpaired) electrons. The molecule has 1 N–H and O–H groups in total. The van der Waals surface area contributed by atoms with E-state index in [1.807, 2.05) is 30.3 Å². The van der Waals surface area contributed by atoms with Gasteiger partial charge in [0.25, 0.3) is 0 Å². The lowest BCUT2D eigenvalue weighted by Gasteiger charge is -2.00. The molecule has 1 aromatic carbocycles. The lowest BCUT2D eigenvalue weighted by Crippen LogP contribution is -2.23. The van der Waals surface area contributed by atoms with Crippen molar-refractivity contribution < 1.29 is 9.21 Å². The summed E-state index contributed by atoms with van der Waals surface area (Å²) in [6, 6.07) is 9.71. The third-order valence-electron chi connectivity index (χ3n) is 3.17. The van der Waals surface area contributed by atoms with E-state index >= 15 is 0 Å². The molecular weight excluding hydrogens is 296 g/mol. The highest BCUT2D eigenvalue weighted by atomic mass is 16.4. The van der Waals surface area contributed by atoms with Gasteiger partial charge < -0.3 is 9.73 Å². The first-order chi connectivity index (χ1) is 11.2. The zero-order chi connectivity index (χ0) is 16.1. The Morgan fingerprint density at radius 1 is 1.30 bits per heavy atom. The number of amides is 1. The van der Waals surface area contributed by atoms with Gasteiger partial charge in [0, 0.05) is 18.4 Å². The van der Waals surface area contributed by atoms with Gasteiger partial charge in [-0.15, -0.1) is 10.2 Å². The summed E-state index contributed by atoms with van der Waals surface area (Å²) in [5, 5.41) is 14.2. The molecule has 3 aromatic rings. The first-order valence-electron chi connectivity index (χ1n) is 7.20. The van der Waals surface area contributed by atoms with Crippen LogP contribution in [0, 0.1) is 0 Å². The highest BCUT2D eigenvalue weighted by molar-refractivity contribution is 5.75. The molecule has 0 unspecified atom stereocenters. The maximum Gasteiger partial charge on any atom is 0.220 e. The molecule has 1 amide bonds. The SMILES string of the molecule is Cn1nnc(CNC(=O)CCc2ncc(-c3ccccc3)o2)n1. The van der Waals surface area contributed by atoms with Gasteiger partial charge in [-0.05, 0) is 5.21 Å². The number of aryl methyl sites for hydroxylation is 2. The highest BCUT2D eigenvalue weighted by Crippen LogP contribution is 2.20. The van der Waals surface area contributed by atoms with Crippen LogP contribution in [-0.4, -0.2) is 31.1 Å². The fraction of sp³-hybridized carbons (Fsp3) is 0.267. The Morgan fingerprint density at radius 2 is 2.13 bits per heavy atom. The molecular formula is C15H16N6O2. The monoisotopic (exact) mass is 312 g/mol. The van der Waals surface area contributed by atoms with E-state index in [0.29, 0.717) is 23.9 Å². The van der Waals surface area contributed by atoms with Crippen molar-refractivity contribution >= 4 is 5.91 Å². The second kappa shape index (κ2) is 6.82. The fourth-order valence-electron chi connectivity index (χ4n) is 2.04. The third-order valence-corrected chi connectivity index (χ3v) is 3.17. The molecule has 0 atom stereocenters. The summed E-state index contributed by atoms with van der Waals surface area (Å²) in [4.78, 5) is 17.4.